The Hall–Kier alpha value is -2.57. The highest BCUT2D eigenvalue weighted by Gasteiger charge is 2.38. The number of benzene rings is 1. The zero-order valence-electron chi connectivity index (χ0n) is 16.5. The largest absolute Gasteiger partial charge is 0.480 e. The predicted molar refractivity (Wildman–Crippen MR) is 100 cm³/mol. The van der Waals surface area contributed by atoms with Gasteiger partial charge in [-0.1, -0.05) is 38.1 Å². The number of aliphatic carboxylic acids is 1. The molecule has 0 fully saturated rings. The van der Waals surface area contributed by atoms with Crippen molar-refractivity contribution in [3.8, 4) is 0 Å². The van der Waals surface area contributed by atoms with E-state index in [9.17, 15) is 19.5 Å². The van der Waals surface area contributed by atoms with E-state index in [0.29, 0.717) is 6.42 Å². The van der Waals surface area contributed by atoms with Crippen LogP contribution in [0.15, 0.2) is 24.3 Å². The molecule has 2 amide bonds. The maximum atomic E-state index is 12.9. The van der Waals surface area contributed by atoms with Crippen LogP contribution in [-0.2, 0) is 27.3 Å². The number of amides is 2. The van der Waals surface area contributed by atoms with Gasteiger partial charge in [0, 0.05) is 6.42 Å². The van der Waals surface area contributed by atoms with Gasteiger partial charge >= 0.3 is 12.1 Å². The van der Waals surface area contributed by atoms with Gasteiger partial charge < -0.3 is 15.2 Å². The van der Waals surface area contributed by atoms with Crippen molar-refractivity contribution in [2.24, 2.45) is 5.92 Å². The highest BCUT2D eigenvalue weighted by Crippen LogP contribution is 2.25. The second-order valence-electron chi connectivity index (χ2n) is 8.17. The molecule has 1 aliphatic heterocycles. The minimum atomic E-state index is -1.10. The summed E-state index contributed by atoms with van der Waals surface area (Å²) in [7, 11) is 0. The molecule has 27 heavy (non-hydrogen) atoms. The summed E-state index contributed by atoms with van der Waals surface area (Å²) in [5.74, 6) is -1.87. The molecule has 1 aliphatic rings. The monoisotopic (exact) mass is 376 g/mol. The molecule has 0 unspecified atom stereocenters. The second-order valence-corrected chi connectivity index (χ2v) is 8.17. The number of nitrogens with one attached hydrogen (secondary N) is 1. The molecule has 0 aromatic heterocycles. The lowest BCUT2D eigenvalue weighted by molar-refractivity contribution is -0.144. The number of hydrogen-bond donors (Lipinski definition) is 2. The molecule has 1 aromatic carbocycles. The summed E-state index contributed by atoms with van der Waals surface area (Å²) in [4.78, 5) is 38.4. The Morgan fingerprint density at radius 2 is 1.78 bits per heavy atom. The van der Waals surface area contributed by atoms with Crippen LogP contribution in [0, 0.1) is 5.92 Å². The first-order valence-electron chi connectivity index (χ1n) is 9.09. The number of ether oxygens (including phenoxy) is 1. The Labute approximate surface area is 159 Å². The maximum absolute atomic E-state index is 12.9. The molecule has 148 valence electrons. The molecule has 0 bridgehead atoms. The molecular weight excluding hydrogens is 348 g/mol. The van der Waals surface area contributed by atoms with E-state index in [0.717, 1.165) is 11.1 Å². The molecule has 0 saturated heterocycles. The van der Waals surface area contributed by atoms with Gasteiger partial charge in [0.15, 0.2) is 0 Å². The van der Waals surface area contributed by atoms with Crippen molar-refractivity contribution in [3.05, 3.63) is 35.4 Å². The van der Waals surface area contributed by atoms with Crippen LogP contribution in [0.25, 0.3) is 0 Å². The lowest BCUT2D eigenvalue weighted by Gasteiger charge is -2.37. The Morgan fingerprint density at radius 1 is 1.19 bits per heavy atom. The van der Waals surface area contributed by atoms with Gasteiger partial charge in [0.2, 0.25) is 5.91 Å². The third kappa shape index (κ3) is 5.21. The molecule has 7 heteroatoms. The fourth-order valence-corrected chi connectivity index (χ4v) is 3.03. The van der Waals surface area contributed by atoms with Gasteiger partial charge in [-0.3, -0.25) is 9.69 Å². The van der Waals surface area contributed by atoms with Crippen molar-refractivity contribution < 1.29 is 24.2 Å². The fourth-order valence-electron chi connectivity index (χ4n) is 3.03. The predicted octanol–water partition coefficient (Wildman–Crippen LogP) is 2.57. The van der Waals surface area contributed by atoms with E-state index in [1.807, 2.05) is 24.3 Å². The van der Waals surface area contributed by atoms with Crippen molar-refractivity contribution >= 4 is 18.0 Å². The molecule has 2 atom stereocenters. The first-order valence-corrected chi connectivity index (χ1v) is 9.09. The molecule has 1 heterocycles. The molecular formula is C20H28N2O5. The Balaban J connectivity index is 2.29. The minimum absolute atomic E-state index is 0.239. The van der Waals surface area contributed by atoms with Crippen LogP contribution in [-0.4, -0.2) is 45.7 Å². The average Bonchev–Trinajstić information content (AvgIpc) is 2.56. The van der Waals surface area contributed by atoms with Crippen molar-refractivity contribution in [1.29, 1.82) is 0 Å². The summed E-state index contributed by atoms with van der Waals surface area (Å²) >= 11 is 0. The van der Waals surface area contributed by atoms with E-state index < -0.39 is 35.7 Å². The van der Waals surface area contributed by atoms with Crippen LogP contribution < -0.4 is 5.32 Å². The van der Waals surface area contributed by atoms with Gasteiger partial charge in [-0.25, -0.2) is 9.59 Å². The quantitative estimate of drug-likeness (QED) is 0.842. The zero-order chi connectivity index (χ0) is 20.4. The van der Waals surface area contributed by atoms with Gasteiger partial charge in [0.1, 0.15) is 17.7 Å². The fraction of sp³-hybridized carbons (Fsp3) is 0.550. The van der Waals surface area contributed by atoms with E-state index in [4.69, 9.17) is 4.74 Å². The van der Waals surface area contributed by atoms with Gasteiger partial charge in [0.05, 0.1) is 6.54 Å². The number of hydrogen-bond acceptors (Lipinski definition) is 4. The molecule has 0 radical (unpaired) electrons. The Bertz CT molecular complexity index is 723. The molecule has 2 rings (SSSR count). The molecule has 7 nitrogen and oxygen atoms in total. The van der Waals surface area contributed by atoms with Crippen molar-refractivity contribution in [3.63, 3.8) is 0 Å². The van der Waals surface area contributed by atoms with Crippen LogP contribution >= 0.6 is 0 Å². The van der Waals surface area contributed by atoms with E-state index in [-0.39, 0.29) is 12.5 Å². The number of carboxylic acids is 1. The topological polar surface area (TPSA) is 95.9 Å². The number of carboxylic acid groups (broad SMARTS) is 1. The highest BCUT2D eigenvalue weighted by molar-refractivity contribution is 5.90. The normalized spacial score (nSPS) is 17.9. The molecule has 1 aromatic rings. The molecule has 2 N–H and O–H groups in total. The third-order valence-electron chi connectivity index (χ3n) is 4.41. The summed E-state index contributed by atoms with van der Waals surface area (Å²) in [6.45, 7) is 8.97. The Morgan fingerprint density at radius 3 is 2.30 bits per heavy atom. The van der Waals surface area contributed by atoms with Crippen molar-refractivity contribution in [2.75, 3.05) is 0 Å². The molecule has 0 aliphatic carbocycles. The zero-order valence-corrected chi connectivity index (χ0v) is 16.5. The summed E-state index contributed by atoms with van der Waals surface area (Å²) in [5, 5.41) is 11.9. The lowest BCUT2D eigenvalue weighted by atomic mass is 9.93. The summed E-state index contributed by atoms with van der Waals surface area (Å²) in [6, 6.07) is 5.75. The van der Waals surface area contributed by atoms with E-state index >= 15 is 0 Å². The number of carbonyl (C=O) groups is 3. The van der Waals surface area contributed by atoms with Crippen LogP contribution in [0.2, 0.25) is 0 Å². The average molecular weight is 376 g/mol. The smallest absolute Gasteiger partial charge is 0.411 e. The summed E-state index contributed by atoms with van der Waals surface area (Å²) in [5.41, 5.74) is 1.22. The first-order chi connectivity index (χ1) is 12.5. The van der Waals surface area contributed by atoms with E-state index in [1.54, 1.807) is 34.6 Å². The second kappa shape index (κ2) is 7.98. The maximum Gasteiger partial charge on any atom is 0.411 e. The SMILES string of the molecule is CC(C)[C@@H](NC(=O)[C@@H]1Cc2ccccc2CN1C(=O)OC(C)(C)C)C(=O)O. The number of fused-ring (bicyclic) bond motifs is 1. The standard InChI is InChI=1S/C20H28N2O5/c1-12(2)16(18(24)25)21-17(23)15-10-13-8-6-7-9-14(13)11-22(15)19(26)27-20(3,4)5/h6-9,12,15-16H,10-11H2,1-5H3,(H,21,23)(H,24,25)/t15-,16+/m0/s1. The summed E-state index contributed by atoms with van der Waals surface area (Å²) in [6.07, 6.45) is -0.278. The van der Waals surface area contributed by atoms with Crippen LogP contribution in [0.4, 0.5) is 4.79 Å². The first kappa shape index (κ1) is 20.7. The number of rotatable bonds is 4. The lowest BCUT2D eigenvalue weighted by Crippen LogP contribution is -2.57. The van der Waals surface area contributed by atoms with E-state index in [2.05, 4.69) is 5.32 Å². The van der Waals surface area contributed by atoms with Gasteiger partial charge in [-0.15, -0.1) is 0 Å². The number of nitrogens with zero attached hydrogens (tertiary/aromatic N) is 1. The molecule has 0 spiro atoms. The Kier molecular flexibility index (Phi) is 6.13. The van der Waals surface area contributed by atoms with E-state index in [1.165, 1.54) is 4.90 Å². The van der Waals surface area contributed by atoms with Crippen LogP contribution in [0.5, 0.6) is 0 Å². The van der Waals surface area contributed by atoms with Gasteiger partial charge in [-0.2, -0.15) is 0 Å². The summed E-state index contributed by atoms with van der Waals surface area (Å²) < 4.78 is 5.46. The highest BCUT2D eigenvalue weighted by atomic mass is 16.6. The van der Waals surface area contributed by atoms with Crippen LogP contribution in [0.1, 0.15) is 45.7 Å². The van der Waals surface area contributed by atoms with Gasteiger partial charge in [-0.05, 0) is 37.8 Å². The van der Waals surface area contributed by atoms with Crippen LogP contribution in [0.3, 0.4) is 0 Å². The van der Waals surface area contributed by atoms with Crippen molar-refractivity contribution in [2.45, 2.75) is 65.3 Å². The third-order valence-corrected chi connectivity index (χ3v) is 4.41. The van der Waals surface area contributed by atoms with Crippen molar-refractivity contribution in [1.82, 2.24) is 10.2 Å². The number of carbonyl (C=O) groups excluding carboxylic acids is 2. The van der Waals surface area contributed by atoms with Gasteiger partial charge in [0.25, 0.3) is 0 Å². The molecule has 0 saturated carbocycles. The minimum Gasteiger partial charge on any atom is -0.480 e.